The highest BCUT2D eigenvalue weighted by Crippen LogP contribution is 2.18. The average molecular weight is 285 g/mol. The molecular formula is C13H23N3O4. The standard InChI is InChI=1S/C13H23N3O4/c1-13(2,12(19)20)16(4)8-11(18)15(3)7-10(17)14-9-5-6-9/h9H,5-8H2,1-4H3,(H,14,17)(H,19,20). The molecule has 1 aliphatic carbocycles. The maximum Gasteiger partial charge on any atom is 0.323 e. The van der Waals surface area contributed by atoms with E-state index in [4.69, 9.17) is 5.11 Å². The van der Waals surface area contributed by atoms with Crippen molar-refractivity contribution in [3.05, 3.63) is 0 Å². The van der Waals surface area contributed by atoms with Gasteiger partial charge in [-0.1, -0.05) is 0 Å². The molecule has 1 saturated carbocycles. The second kappa shape index (κ2) is 6.21. The molecule has 0 aromatic heterocycles. The molecule has 0 saturated heterocycles. The number of aliphatic carboxylic acids is 1. The van der Waals surface area contributed by atoms with E-state index >= 15 is 0 Å². The van der Waals surface area contributed by atoms with Crippen LogP contribution in [0.15, 0.2) is 0 Å². The summed E-state index contributed by atoms with van der Waals surface area (Å²) in [7, 11) is 3.11. The van der Waals surface area contributed by atoms with Gasteiger partial charge in [-0.3, -0.25) is 19.3 Å². The van der Waals surface area contributed by atoms with Gasteiger partial charge < -0.3 is 15.3 Å². The molecular weight excluding hydrogens is 262 g/mol. The zero-order valence-electron chi connectivity index (χ0n) is 12.5. The summed E-state index contributed by atoms with van der Waals surface area (Å²) in [5.74, 6) is -1.46. The lowest BCUT2D eigenvalue weighted by molar-refractivity contribution is -0.150. The minimum Gasteiger partial charge on any atom is -0.480 e. The smallest absolute Gasteiger partial charge is 0.323 e. The lowest BCUT2D eigenvalue weighted by Crippen LogP contribution is -2.52. The number of amides is 2. The Morgan fingerprint density at radius 2 is 1.75 bits per heavy atom. The highest BCUT2D eigenvalue weighted by Gasteiger charge is 2.33. The van der Waals surface area contributed by atoms with Crippen LogP contribution in [0.5, 0.6) is 0 Å². The number of nitrogens with one attached hydrogen (secondary N) is 1. The molecule has 0 radical (unpaired) electrons. The van der Waals surface area contributed by atoms with Crippen LogP contribution in [0.1, 0.15) is 26.7 Å². The largest absolute Gasteiger partial charge is 0.480 e. The van der Waals surface area contributed by atoms with Crippen LogP contribution < -0.4 is 5.32 Å². The fourth-order valence-corrected chi connectivity index (χ4v) is 1.49. The molecule has 7 nitrogen and oxygen atoms in total. The predicted molar refractivity (Wildman–Crippen MR) is 73.1 cm³/mol. The van der Waals surface area contributed by atoms with E-state index in [9.17, 15) is 14.4 Å². The van der Waals surface area contributed by atoms with Crippen molar-refractivity contribution in [1.29, 1.82) is 0 Å². The third-order valence-corrected chi connectivity index (χ3v) is 3.60. The molecule has 0 atom stereocenters. The van der Waals surface area contributed by atoms with Crippen LogP contribution in [0, 0.1) is 0 Å². The first-order chi connectivity index (χ1) is 9.14. The average Bonchev–Trinajstić information content (AvgIpc) is 3.11. The van der Waals surface area contributed by atoms with Gasteiger partial charge in [0, 0.05) is 13.1 Å². The normalized spacial score (nSPS) is 15.1. The van der Waals surface area contributed by atoms with Gasteiger partial charge >= 0.3 is 5.97 Å². The van der Waals surface area contributed by atoms with Crippen molar-refractivity contribution in [2.45, 2.75) is 38.3 Å². The number of carboxylic acid groups (broad SMARTS) is 1. The molecule has 2 N–H and O–H groups in total. The van der Waals surface area contributed by atoms with Crippen LogP contribution in [-0.4, -0.2) is 71.5 Å². The predicted octanol–water partition coefficient (Wildman–Crippen LogP) is -0.482. The van der Waals surface area contributed by atoms with E-state index in [1.54, 1.807) is 7.05 Å². The van der Waals surface area contributed by atoms with E-state index in [1.165, 1.54) is 30.7 Å². The van der Waals surface area contributed by atoms with Crippen molar-refractivity contribution in [2.24, 2.45) is 0 Å². The number of nitrogens with zero attached hydrogens (tertiary/aromatic N) is 2. The third kappa shape index (κ3) is 4.48. The fourth-order valence-electron chi connectivity index (χ4n) is 1.49. The van der Waals surface area contributed by atoms with Crippen LogP contribution in [-0.2, 0) is 14.4 Å². The molecule has 0 bridgehead atoms. The van der Waals surface area contributed by atoms with Gasteiger partial charge in [-0.2, -0.15) is 0 Å². The van der Waals surface area contributed by atoms with Crippen LogP contribution in [0.25, 0.3) is 0 Å². The van der Waals surface area contributed by atoms with Gasteiger partial charge in [0.15, 0.2) is 0 Å². The molecule has 0 unspecified atom stereocenters. The van der Waals surface area contributed by atoms with Gasteiger partial charge in [-0.05, 0) is 33.7 Å². The molecule has 0 heterocycles. The van der Waals surface area contributed by atoms with Crippen molar-refractivity contribution in [3.63, 3.8) is 0 Å². The topological polar surface area (TPSA) is 90.0 Å². The fraction of sp³-hybridized carbons (Fsp3) is 0.769. The van der Waals surface area contributed by atoms with Gasteiger partial charge in [0.2, 0.25) is 11.8 Å². The Balaban J connectivity index is 2.44. The van der Waals surface area contributed by atoms with E-state index < -0.39 is 11.5 Å². The summed E-state index contributed by atoms with van der Waals surface area (Å²) in [5.41, 5.74) is -1.13. The summed E-state index contributed by atoms with van der Waals surface area (Å²) in [6.07, 6.45) is 2.00. The summed E-state index contributed by atoms with van der Waals surface area (Å²) in [6, 6.07) is 0.264. The molecule has 1 fully saturated rings. The molecule has 0 aromatic rings. The highest BCUT2D eigenvalue weighted by molar-refractivity contribution is 5.86. The van der Waals surface area contributed by atoms with Gasteiger partial charge in [0.25, 0.3) is 0 Å². The van der Waals surface area contributed by atoms with Crippen LogP contribution in [0.2, 0.25) is 0 Å². The summed E-state index contributed by atoms with van der Waals surface area (Å²) in [5, 5.41) is 11.9. The molecule has 0 aromatic carbocycles. The first-order valence-electron chi connectivity index (χ1n) is 6.62. The molecule has 0 spiro atoms. The Bertz CT molecular complexity index is 404. The Labute approximate surface area is 118 Å². The van der Waals surface area contributed by atoms with Gasteiger partial charge in [-0.25, -0.2) is 0 Å². The minimum atomic E-state index is -1.13. The quantitative estimate of drug-likeness (QED) is 0.659. The van der Waals surface area contributed by atoms with Crippen molar-refractivity contribution in [2.75, 3.05) is 27.2 Å². The summed E-state index contributed by atoms with van der Waals surface area (Å²) in [4.78, 5) is 37.4. The Hall–Kier alpha value is -1.63. The number of hydrogen-bond acceptors (Lipinski definition) is 4. The van der Waals surface area contributed by atoms with E-state index in [2.05, 4.69) is 5.32 Å². The minimum absolute atomic E-state index is 0.00330. The van der Waals surface area contributed by atoms with Crippen LogP contribution in [0.3, 0.4) is 0 Å². The zero-order valence-corrected chi connectivity index (χ0v) is 12.5. The van der Waals surface area contributed by atoms with Crippen molar-refractivity contribution in [1.82, 2.24) is 15.1 Å². The van der Waals surface area contributed by atoms with E-state index in [0.717, 1.165) is 12.8 Å². The summed E-state index contributed by atoms with van der Waals surface area (Å²) in [6.45, 7) is 3.01. The first-order valence-corrected chi connectivity index (χ1v) is 6.62. The lowest BCUT2D eigenvalue weighted by Gasteiger charge is -2.32. The number of likely N-dealkylation sites (N-methyl/N-ethyl adjacent to an activating group) is 2. The number of carboxylic acids is 1. The molecule has 1 aliphatic rings. The Morgan fingerprint density at radius 3 is 2.20 bits per heavy atom. The van der Waals surface area contributed by atoms with Crippen molar-refractivity contribution < 1.29 is 19.5 Å². The molecule has 7 heteroatoms. The van der Waals surface area contributed by atoms with E-state index in [1.807, 2.05) is 0 Å². The number of hydrogen-bond donors (Lipinski definition) is 2. The number of carbonyl (C=O) groups excluding carboxylic acids is 2. The van der Waals surface area contributed by atoms with Crippen LogP contribution >= 0.6 is 0 Å². The molecule has 20 heavy (non-hydrogen) atoms. The number of carbonyl (C=O) groups is 3. The van der Waals surface area contributed by atoms with Gasteiger partial charge in [-0.15, -0.1) is 0 Å². The number of rotatable bonds is 7. The third-order valence-electron chi connectivity index (χ3n) is 3.60. The van der Waals surface area contributed by atoms with Crippen molar-refractivity contribution in [3.8, 4) is 0 Å². The van der Waals surface area contributed by atoms with Crippen molar-refractivity contribution >= 4 is 17.8 Å². The van der Waals surface area contributed by atoms with Gasteiger partial charge in [0.1, 0.15) is 5.54 Å². The second-order valence-electron chi connectivity index (χ2n) is 5.81. The Morgan fingerprint density at radius 1 is 1.20 bits per heavy atom. The summed E-state index contributed by atoms with van der Waals surface area (Å²) >= 11 is 0. The first kappa shape index (κ1) is 16.4. The molecule has 0 aliphatic heterocycles. The van der Waals surface area contributed by atoms with Gasteiger partial charge in [0.05, 0.1) is 13.1 Å². The second-order valence-corrected chi connectivity index (χ2v) is 5.81. The van der Waals surface area contributed by atoms with Crippen LogP contribution in [0.4, 0.5) is 0 Å². The molecule has 114 valence electrons. The maximum absolute atomic E-state index is 12.0. The monoisotopic (exact) mass is 285 g/mol. The Kier molecular flexibility index (Phi) is 5.10. The highest BCUT2D eigenvalue weighted by atomic mass is 16.4. The van der Waals surface area contributed by atoms with E-state index in [0.29, 0.717) is 0 Å². The summed E-state index contributed by atoms with van der Waals surface area (Å²) < 4.78 is 0. The molecule has 2 amide bonds. The lowest BCUT2D eigenvalue weighted by atomic mass is 10.0. The van der Waals surface area contributed by atoms with E-state index in [-0.39, 0.29) is 30.9 Å². The maximum atomic E-state index is 12.0. The SMILES string of the molecule is CN(CC(=O)NC1CC1)C(=O)CN(C)C(C)(C)C(=O)O. The zero-order chi connectivity index (χ0) is 15.5. The molecule has 1 rings (SSSR count).